The maximum atomic E-state index is 13.4. The molecular formula is C22H30N2O4. The molecule has 1 heterocycles. The number of carbonyl (C=O) groups excluding carboxylic acids is 3. The van der Waals surface area contributed by atoms with Gasteiger partial charge in [0.15, 0.2) is 0 Å². The average molecular weight is 386 g/mol. The highest BCUT2D eigenvalue weighted by molar-refractivity contribution is 6.02. The summed E-state index contributed by atoms with van der Waals surface area (Å²) in [4.78, 5) is 40.6. The Hall–Kier alpha value is -2.37. The molecule has 1 N–H and O–H groups in total. The van der Waals surface area contributed by atoms with Crippen molar-refractivity contribution in [3.8, 4) is 0 Å². The highest BCUT2D eigenvalue weighted by Crippen LogP contribution is 2.50. The standard InChI is InChI=1S/C22H30N2O4/c1-14(2)13-24-20(26)17-10-6-5-9-16(17)18(22(24)11-7-8-12-22)19(25)23-15(3)21(27)28-4/h5-6,9-10,14-15,18H,7-8,11-13H2,1-4H3,(H,23,25)/t15-,18?/m1/s1. The number of hydrogen-bond donors (Lipinski definition) is 1. The van der Waals surface area contributed by atoms with Crippen molar-refractivity contribution < 1.29 is 19.1 Å². The lowest BCUT2D eigenvalue weighted by molar-refractivity contribution is -0.145. The molecule has 28 heavy (non-hydrogen) atoms. The van der Waals surface area contributed by atoms with E-state index in [1.807, 2.05) is 23.1 Å². The summed E-state index contributed by atoms with van der Waals surface area (Å²) >= 11 is 0. The minimum atomic E-state index is -0.737. The quantitative estimate of drug-likeness (QED) is 0.790. The predicted octanol–water partition coefficient (Wildman–Crippen LogP) is 2.87. The second-order valence-electron chi connectivity index (χ2n) is 8.39. The van der Waals surface area contributed by atoms with Crippen LogP contribution in [0.3, 0.4) is 0 Å². The largest absolute Gasteiger partial charge is 0.467 e. The van der Waals surface area contributed by atoms with Gasteiger partial charge in [-0.05, 0) is 37.3 Å². The molecule has 1 aromatic carbocycles. The van der Waals surface area contributed by atoms with Crippen molar-refractivity contribution in [1.82, 2.24) is 10.2 Å². The third-order valence-electron chi connectivity index (χ3n) is 6.02. The summed E-state index contributed by atoms with van der Waals surface area (Å²) in [7, 11) is 1.31. The summed E-state index contributed by atoms with van der Waals surface area (Å²) in [6, 6.07) is 6.66. The van der Waals surface area contributed by atoms with E-state index in [2.05, 4.69) is 19.2 Å². The molecule has 3 rings (SSSR count). The zero-order chi connectivity index (χ0) is 20.5. The van der Waals surface area contributed by atoms with Crippen LogP contribution in [0.15, 0.2) is 24.3 Å². The van der Waals surface area contributed by atoms with Crippen LogP contribution in [0.2, 0.25) is 0 Å². The molecule has 1 aliphatic heterocycles. The zero-order valence-electron chi connectivity index (χ0n) is 17.2. The Morgan fingerprint density at radius 1 is 1.21 bits per heavy atom. The SMILES string of the molecule is COC(=O)[C@@H](C)NC(=O)C1c2ccccc2C(=O)N(CC(C)C)C12CCCC2. The molecule has 6 nitrogen and oxygen atoms in total. The van der Waals surface area contributed by atoms with E-state index in [1.165, 1.54) is 7.11 Å². The fourth-order valence-corrected chi connectivity index (χ4v) is 4.83. The second kappa shape index (κ2) is 7.94. The van der Waals surface area contributed by atoms with Gasteiger partial charge >= 0.3 is 5.97 Å². The van der Waals surface area contributed by atoms with Gasteiger partial charge in [0.05, 0.1) is 18.6 Å². The van der Waals surface area contributed by atoms with Gasteiger partial charge in [-0.2, -0.15) is 0 Å². The van der Waals surface area contributed by atoms with Crippen LogP contribution in [0, 0.1) is 5.92 Å². The molecule has 2 atom stereocenters. The number of benzene rings is 1. The Labute approximate surface area is 166 Å². The molecule has 1 saturated carbocycles. The number of methoxy groups -OCH3 is 1. The fraction of sp³-hybridized carbons (Fsp3) is 0.591. The van der Waals surface area contributed by atoms with Crippen molar-refractivity contribution in [2.45, 2.75) is 64.0 Å². The topological polar surface area (TPSA) is 75.7 Å². The average Bonchev–Trinajstić information content (AvgIpc) is 3.14. The lowest BCUT2D eigenvalue weighted by Crippen LogP contribution is -2.62. The number of ether oxygens (including phenoxy) is 1. The van der Waals surface area contributed by atoms with Gasteiger partial charge in [-0.15, -0.1) is 0 Å². The van der Waals surface area contributed by atoms with Crippen molar-refractivity contribution >= 4 is 17.8 Å². The number of fused-ring (bicyclic) bond motifs is 1. The van der Waals surface area contributed by atoms with Crippen LogP contribution in [0.25, 0.3) is 0 Å². The first-order chi connectivity index (χ1) is 13.3. The molecule has 1 aliphatic carbocycles. The minimum Gasteiger partial charge on any atom is -0.467 e. The molecule has 152 valence electrons. The Morgan fingerprint density at radius 2 is 1.86 bits per heavy atom. The van der Waals surface area contributed by atoms with Crippen LogP contribution in [0.5, 0.6) is 0 Å². The van der Waals surface area contributed by atoms with Crippen LogP contribution < -0.4 is 5.32 Å². The molecule has 0 radical (unpaired) electrons. The monoisotopic (exact) mass is 386 g/mol. The number of hydrogen-bond acceptors (Lipinski definition) is 4. The lowest BCUT2D eigenvalue weighted by atomic mass is 9.70. The molecule has 1 spiro atoms. The number of amides is 2. The first-order valence-electron chi connectivity index (χ1n) is 10.1. The van der Waals surface area contributed by atoms with Gasteiger partial charge in [-0.3, -0.25) is 9.59 Å². The smallest absolute Gasteiger partial charge is 0.328 e. The zero-order valence-corrected chi connectivity index (χ0v) is 17.2. The summed E-state index contributed by atoms with van der Waals surface area (Å²) in [5.74, 6) is -0.878. The summed E-state index contributed by atoms with van der Waals surface area (Å²) in [5, 5.41) is 2.83. The summed E-state index contributed by atoms with van der Waals surface area (Å²) in [6.07, 6.45) is 3.57. The first-order valence-corrected chi connectivity index (χ1v) is 10.1. The maximum Gasteiger partial charge on any atom is 0.328 e. The van der Waals surface area contributed by atoms with Gasteiger partial charge in [-0.25, -0.2) is 4.79 Å². The Balaban J connectivity index is 2.08. The number of carbonyl (C=O) groups is 3. The van der Waals surface area contributed by atoms with Gasteiger partial charge in [0.2, 0.25) is 5.91 Å². The minimum absolute atomic E-state index is 0.0104. The van der Waals surface area contributed by atoms with E-state index in [4.69, 9.17) is 4.74 Å². The van der Waals surface area contributed by atoms with E-state index in [0.29, 0.717) is 18.0 Å². The Bertz CT molecular complexity index is 768. The van der Waals surface area contributed by atoms with Crippen LogP contribution in [0.4, 0.5) is 0 Å². The van der Waals surface area contributed by atoms with Crippen LogP contribution in [-0.4, -0.2) is 47.9 Å². The van der Waals surface area contributed by atoms with E-state index in [9.17, 15) is 14.4 Å². The predicted molar refractivity (Wildman–Crippen MR) is 106 cm³/mol. The fourth-order valence-electron chi connectivity index (χ4n) is 4.83. The molecular weight excluding hydrogens is 356 g/mol. The van der Waals surface area contributed by atoms with Crippen LogP contribution in [-0.2, 0) is 14.3 Å². The van der Waals surface area contributed by atoms with E-state index >= 15 is 0 Å². The third-order valence-corrected chi connectivity index (χ3v) is 6.02. The molecule has 1 unspecified atom stereocenters. The molecule has 1 aromatic rings. The van der Waals surface area contributed by atoms with Crippen molar-refractivity contribution in [2.75, 3.05) is 13.7 Å². The molecule has 2 aliphatic rings. The molecule has 0 aromatic heterocycles. The molecule has 6 heteroatoms. The number of nitrogens with one attached hydrogen (secondary N) is 1. The van der Waals surface area contributed by atoms with Gasteiger partial charge < -0.3 is 15.0 Å². The second-order valence-corrected chi connectivity index (χ2v) is 8.39. The van der Waals surface area contributed by atoms with Crippen molar-refractivity contribution in [3.63, 3.8) is 0 Å². The van der Waals surface area contributed by atoms with Gasteiger partial charge in [0, 0.05) is 12.1 Å². The number of nitrogens with zero attached hydrogens (tertiary/aromatic N) is 1. The normalized spacial score (nSPS) is 21.5. The first kappa shape index (κ1) is 20.4. The van der Waals surface area contributed by atoms with E-state index in [0.717, 1.165) is 31.2 Å². The molecule has 0 bridgehead atoms. The highest BCUT2D eigenvalue weighted by Gasteiger charge is 2.55. The van der Waals surface area contributed by atoms with Gasteiger partial charge in [-0.1, -0.05) is 44.9 Å². The lowest BCUT2D eigenvalue weighted by Gasteiger charge is -2.50. The summed E-state index contributed by atoms with van der Waals surface area (Å²) < 4.78 is 4.76. The molecule has 1 fully saturated rings. The van der Waals surface area contributed by atoms with Crippen molar-refractivity contribution in [2.24, 2.45) is 5.92 Å². The number of esters is 1. The van der Waals surface area contributed by atoms with E-state index in [-0.39, 0.29) is 11.8 Å². The molecule has 2 amide bonds. The number of rotatable bonds is 5. The van der Waals surface area contributed by atoms with Crippen LogP contribution >= 0.6 is 0 Å². The highest BCUT2D eigenvalue weighted by atomic mass is 16.5. The molecule has 0 saturated heterocycles. The van der Waals surface area contributed by atoms with Gasteiger partial charge in [0.1, 0.15) is 6.04 Å². The summed E-state index contributed by atoms with van der Waals surface area (Å²) in [5.41, 5.74) is 0.825. The summed E-state index contributed by atoms with van der Waals surface area (Å²) in [6.45, 7) is 6.41. The van der Waals surface area contributed by atoms with E-state index in [1.54, 1.807) is 13.0 Å². The maximum absolute atomic E-state index is 13.4. The van der Waals surface area contributed by atoms with E-state index < -0.39 is 23.5 Å². The van der Waals surface area contributed by atoms with Gasteiger partial charge in [0.25, 0.3) is 5.91 Å². The Kier molecular flexibility index (Phi) is 5.77. The third kappa shape index (κ3) is 3.40. The van der Waals surface area contributed by atoms with Crippen molar-refractivity contribution in [3.05, 3.63) is 35.4 Å². The van der Waals surface area contributed by atoms with Crippen molar-refractivity contribution in [1.29, 1.82) is 0 Å². The van der Waals surface area contributed by atoms with Crippen LogP contribution in [0.1, 0.15) is 68.3 Å². The Morgan fingerprint density at radius 3 is 2.46 bits per heavy atom.